The molecule has 0 saturated carbocycles. The summed E-state index contributed by atoms with van der Waals surface area (Å²) in [6, 6.07) is 2.96. The van der Waals surface area contributed by atoms with Gasteiger partial charge in [-0.05, 0) is 17.7 Å². The first-order chi connectivity index (χ1) is 8.76. The van der Waals surface area contributed by atoms with Crippen LogP contribution in [0, 0.1) is 11.6 Å². The van der Waals surface area contributed by atoms with Crippen molar-refractivity contribution in [1.29, 1.82) is 0 Å². The molecule has 2 N–H and O–H groups in total. The van der Waals surface area contributed by atoms with Crippen molar-refractivity contribution in [2.75, 3.05) is 12.8 Å². The van der Waals surface area contributed by atoms with E-state index in [-0.39, 0.29) is 19.5 Å². The van der Waals surface area contributed by atoms with E-state index in [9.17, 15) is 22.0 Å². The zero-order valence-electron chi connectivity index (χ0n) is 10.2. The summed E-state index contributed by atoms with van der Waals surface area (Å²) in [7, 11) is -3.33. The minimum Gasteiger partial charge on any atom is -0.352 e. The Morgan fingerprint density at radius 2 is 1.79 bits per heavy atom. The highest BCUT2D eigenvalue weighted by molar-refractivity contribution is 7.88. The quantitative estimate of drug-likeness (QED) is 0.802. The lowest BCUT2D eigenvalue weighted by Crippen LogP contribution is -2.29. The Kier molecular flexibility index (Phi) is 5.37. The Morgan fingerprint density at radius 3 is 2.32 bits per heavy atom. The fourth-order valence-corrected chi connectivity index (χ4v) is 1.82. The van der Waals surface area contributed by atoms with E-state index in [0.717, 1.165) is 24.5 Å². The predicted octanol–water partition coefficient (Wildman–Crippen LogP) is 0.520. The molecule has 0 bridgehead atoms. The average molecular weight is 292 g/mol. The van der Waals surface area contributed by atoms with Gasteiger partial charge in [0.15, 0.2) is 0 Å². The number of carbonyl (C=O) groups excluding carboxylic acids is 1. The molecular formula is C11H14F2N2O3S. The molecule has 0 radical (unpaired) electrons. The molecule has 1 rings (SSSR count). The number of sulfonamides is 1. The van der Waals surface area contributed by atoms with Crippen molar-refractivity contribution in [2.45, 2.75) is 13.0 Å². The lowest BCUT2D eigenvalue weighted by atomic mass is 10.2. The second-order valence-corrected chi connectivity index (χ2v) is 5.80. The van der Waals surface area contributed by atoms with Crippen molar-refractivity contribution in [3.63, 3.8) is 0 Å². The van der Waals surface area contributed by atoms with Crippen LogP contribution in [0.4, 0.5) is 8.78 Å². The van der Waals surface area contributed by atoms with Crippen molar-refractivity contribution in [1.82, 2.24) is 10.0 Å². The molecular weight excluding hydrogens is 278 g/mol. The highest BCUT2D eigenvalue weighted by atomic mass is 32.2. The summed E-state index contributed by atoms with van der Waals surface area (Å²) < 4.78 is 49.4. The van der Waals surface area contributed by atoms with Gasteiger partial charge in [-0.15, -0.1) is 0 Å². The van der Waals surface area contributed by atoms with E-state index in [1.165, 1.54) is 0 Å². The van der Waals surface area contributed by atoms with E-state index in [1.807, 2.05) is 0 Å². The molecule has 5 nitrogen and oxygen atoms in total. The van der Waals surface area contributed by atoms with E-state index >= 15 is 0 Å². The van der Waals surface area contributed by atoms with Gasteiger partial charge in [0.2, 0.25) is 15.9 Å². The van der Waals surface area contributed by atoms with Gasteiger partial charge in [-0.1, -0.05) is 0 Å². The molecule has 1 amide bonds. The number of halogens is 2. The van der Waals surface area contributed by atoms with Crippen molar-refractivity contribution in [3.8, 4) is 0 Å². The van der Waals surface area contributed by atoms with Crippen LogP contribution in [-0.2, 0) is 21.4 Å². The Labute approximate surface area is 110 Å². The van der Waals surface area contributed by atoms with Crippen LogP contribution >= 0.6 is 0 Å². The van der Waals surface area contributed by atoms with Crippen LogP contribution in [0.3, 0.4) is 0 Å². The Morgan fingerprint density at radius 1 is 1.21 bits per heavy atom. The molecule has 1 aromatic carbocycles. The van der Waals surface area contributed by atoms with Gasteiger partial charge in [-0.2, -0.15) is 0 Å². The molecule has 0 saturated heterocycles. The van der Waals surface area contributed by atoms with E-state index in [0.29, 0.717) is 5.56 Å². The van der Waals surface area contributed by atoms with Gasteiger partial charge in [0.05, 0.1) is 6.26 Å². The number of hydrogen-bond acceptors (Lipinski definition) is 3. The van der Waals surface area contributed by atoms with Crippen molar-refractivity contribution >= 4 is 15.9 Å². The Bertz CT molecular complexity index is 541. The molecule has 0 fully saturated rings. The van der Waals surface area contributed by atoms with Gasteiger partial charge in [0.25, 0.3) is 0 Å². The maximum absolute atomic E-state index is 12.9. The van der Waals surface area contributed by atoms with Crippen molar-refractivity contribution in [2.24, 2.45) is 0 Å². The first-order valence-electron chi connectivity index (χ1n) is 5.42. The van der Waals surface area contributed by atoms with Crippen LogP contribution in [0.15, 0.2) is 18.2 Å². The number of nitrogens with one attached hydrogen (secondary N) is 2. The SMILES string of the molecule is CS(=O)(=O)NCCC(=O)NCc1cc(F)cc(F)c1. The summed E-state index contributed by atoms with van der Waals surface area (Å²) in [5.74, 6) is -1.85. The van der Waals surface area contributed by atoms with E-state index in [1.54, 1.807) is 0 Å². The molecule has 0 aliphatic heterocycles. The van der Waals surface area contributed by atoms with Gasteiger partial charge < -0.3 is 5.32 Å². The summed E-state index contributed by atoms with van der Waals surface area (Å²) in [5.41, 5.74) is 0.293. The lowest BCUT2D eigenvalue weighted by Gasteiger charge is -2.06. The molecule has 0 aromatic heterocycles. The van der Waals surface area contributed by atoms with Gasteiger partial charge >= 0.3 is 0 Å². The van der Waals surface area contributed by atoms with Crippen molar-refractivity contribution in [3.05, 3.63) is 35.4 Å². The molecule has 1 aromatic rings. The molecule has 0 spiro atoms. The largest absolute Gasteiger partial charge is 0.352 e. The maximum Gasteiger partial charge on any atom is 0.221 e. The molecule has 8 heteroatoms. The fourth-order valence-electron chi connectivity index (χ4n) is 1.35. The molecule has 0 atom stereocenters. The maximum atomic E-state index is 12.9. The summed E-state index contributed by atoms with van der Waals surface area (Å²) in [6.45, 7) is -0.0471. The first-order valence-corrected chi connectivity index (χ1v) is 7.32. The van der Waals surface area contributed by atoms with Gasteiger partial charge in [0, 0.05) is 25.6 Å². The first kappa shape index (κ1) is 15.5. The number of hydrogen-bond donors (Lipinski definition) is 2. The molecule has 0 unspecified atom stereocenters. The number of amides is 1. The minimum absolute atomic E-state index is 0.0214. The second-order valence-electron chi connectivity index (χ2n) is 3.97. The highest BCUT2D eigenvalue weighted by Crippen LogP contribution is 2.07. The van der Waals surface area contributed by atoms with Crippen LogP contribution in [-0.4, -0.2) is 27.1 Å². The fraction of sp³-hybridized carbons (Fsp3) is 0.364. The second kappa shape index (κ2) is 6.58. The van der Waals surface area contributed by atoms with Crippen LogP contribution in [0.5, 0.6) is 0 Å². The average Bonchev–Trinajstić information content (AvgIpc) is 2.23. The smallest absolute Gasteiger partial charge is 0.221 e. The van der Waals surface area contributed by atoms with E-state index < -0.39 is 27.6 Å². The van der Waals surface area contributed by atoms with Crippen LogP contribution in [0.1, 0.15) is 12.0 Å². The summed E-state index contributed by atoms with van der Waals surface area (Å²) in [4.78, 5) is 11.3. The van der Waals surface area contributed by atoms with Crippen molar-refractivity contribution < 1.29 is 22.0 Å². The monoisotopic (exact) mass is 292 g/mol. The number of rotatable bonds is 6. The van der Waals surface area contributed by atoms with E-state index in [2.05, 4.69) is 10.0 Å². The third-order valence-corrected chi connectivity index (χ3v) is 2.86. The van der Waals surface area contributed by atoms with Gasteiger partial charge in [-0.3, -0.25) is 4.79 Å². The highest BCUT2D eigenvalue weighted by Gasteiger charge is 2.06. The Hall–Kier alpha value is -1.54. The zero-order chi connectivity index (χ0) is 14.5. The van der Waals surface area contributed by atoms with Crippen LogP contribution < -0.4 is 10.0 Å². The Balaban J connectivity index is 2.38. The normalized spacial score (nSPS) is 11.3. The topological polar surface area (TPSA) is 75.3 Å². The third kappa shape index (κ3) is 6.82. The predicted molar refractivity (Wildman–Crippen MR) is 65.7 cm³/mol. The van der Waals surface area contributed by atoms with Crippen LogP contribution in [0.25, 0.3) is 0 Å². The summed E-state index contributed by atoms with van der Waals surface area (Å²) in [5, 5.41) is 2.43. The molecule has 106 valence electrons. The number of benzene rings is 1. The molecule has 0 aliphatic rings. The molecule has 19 heavy (non-hydrogen) atoms. The summed E-state index contributed by atoms with van der Waals surface area (Å²) in [6.07, 6.45) is 0.936. The minimum atomic E-state index is -3.33. The zero-order valence-corrected chi connectivity index (χ0v) is 11.1. The summed E-state index contributed by atoms with van der Waals surface area (Å²) >= 11 is 0. The van der Waals surface area contributed by atoms with Gasteiger partial charge in [0.1, 0.15) is 11.6 Å². The lowest BCUT2D eigenvalue weighted by molar-refractivity contribution is -0.121. The van der Waals surface area contributed by atoms with E-state index in [4.69, 9.17) is 0 Å². The third-order valence-electron chi connectivity index (χ3n) is 2.13. The molecule has 0 aliphatic carbocycles. The van der Waals surface area contributed by atoms with Gasteiger partial charge in [-0.25, -0.2) is 21.9 Å². The van der Waals surface area contributed by atoms with Crippen LogP contribution in [0.2, 0.25) is 0 Å². The standard InChI is InChI=1S/C11H14F2N2O3S/c1-19(17,18)15-3-2-11(16)14-7-8-4-9(12)6-10(13)5-8/h4-6,15H,2-3,7H2,1H3,(H,14,16). The molecule has 0 heterocycles. The number of carbonyl (C=O) groups is 1.